The summed E-state index contributed by atoms with van der Waals surface area (Å²) < 4.78 is 23.9. The first-order valence-corrected chi connectivity index (χ1v) is 4.42. The zero-order valence-electron chi connectivity index (χ0n) is 8.61. The third kappa shape index (κ3) is 1.39. The molecular formula is C10H8FNO4. The van der Waals surface area contributed by atoms with Crippen LogP contribution in [0.5, 0.6) is 0 Å². The number of ether oxygens (including phenoxy) is 1. The SMILES string of the molecule is COC(=O)c1cc2oc(=O)n(C)c2cc1F. The van der Waals surface area contributed by atoms with E-state index in [9.17, 15) is 14.0 Å². The Morgan fingerprint density at radius 1 is 1.50 bits per heavy atom. The first-order chi connectivity index (χ1) is 7.54. The number of methoxy groups -OCH3 is 1. The van der Waals surface area contributed by atoms with Crippen LogP contribution in [0, 0.1) is 5.82 Å². The lowest BCUT2D eigenvalue weighted by molar-refractivity contribution is 0.0595. The summed E-state index contributed by atoms with van der Waals surface area (Å²) >= 11 is 0. The predicted octanol–water partition coefficient (Wildman–Crippen LogP) is 1.06. The lowest BCUT2D eigenvalue weighted by Gasteiger charge is -2.00. The Morgan fingerprint density at radius 2 is 2.19 bits per heavy atom. The summed E-state index contributed by atoms with van der Waals surface area (Å²) in [6.07, 6.45) is 0. The van der Waals surface area contributed by atoms with Gasteiger partial charge in [0.25, 0.3) is 0 Å². The van der Waals surface area contributed by atoms with Crippen LogP contribution in [0.2, 0.25) is 0 Å². The second-order valence-corrected chi connectivity index (χ2v) is 3.22. The fourth-order valence-electron chi connectivity index (χ4n) is 1.41. The quantitative estimate of drug-likeness (QED) is 0.681. The molecule has 0 fully saturated rings. The molecule has 0 N–H and O–H groups in total. The van der Waals surface area contributed by atoms with Gasteiger partial charge in [0.2, 0.25) is 0 Å². The molecule has 0 bridgehead atoms. The number of benzene rings is 1. The molecule has 2 rings (SSSR count). The summed E-state index contributed by atoms with van der Waals surface area (Å²) in [5, 5.41) is 0. The van der Waals surface area contributed by atoms with Crippen molar-refractivity contribution in [1.82, 2.24) is 4.57 Å². The standard InChI is InChI=1S/C10H8FNO4/c1-12-7-4-6(11)5(9(13)15-2)3-8(7)16-10(12)14/h3-4H,1-2H3. The summed E-state index contributed by atoms with van der Waals surface area (Å²) in [4.78, 5) is 22.3. The minimum absolute atomic E-state index is 0.148. The Hall–Kier alpha value is -2.11. The molecule has 0 atom stereocenters. The number of oxazole rings is 1. The fraction of sp³-hybridized carbons (Fsp3) is 0.200. The van der Waals surface area contributed by atoms with E-state index in [2.05, 4.69) is 4.74 Å². The molecule has 0 unspecified atom stereocenters. The van der Waals surface area contributed by atoms with E-state index < -0.39 is 17.5 Å². The number of aromatic nitrogens is 1. The van der Waals surface area contributed by atoms with Crippen molar-refractivity contribution in [3.8, 4) is 0 Å². The minimum Gasteiger partial charge on any atom is -0.465 e. The van der Waals surface area contributed by atoms with Crippen molar-refractivity contribution in [2.45, 2.75) is 0 Å². The molecule has 6 heteroatoms. The maximum Gasteiger partial charge on any atom is 0.419 e. The first kappa shape index (κ1) is 10.4. The molecule has 5 nitrogen and oxygen atoms in total. The van der Waals surface area contributed by atoms with Crippen molar-refractivity contribution in [2.24, 2.45) is 7.05 Å². The predicted molar refractivity (Wildman–Crippen MR) is 52.8 cm³/mol. The number of nitrogens with zero attached hydrogens (tertiary/aromatic N) is 1. The molecule has 16 heavy (non-hydrogen) atoms. The Labute approximate surface area is 89.0 Å². The fourth-order valence-corrected chi connectivity index (χ4v) is 1.41. The number of halogens is 1. The molecule has 0 spiro atoms. The van der Waals surface area contributed by atoms with Crippen molar-refractivity contribution in [3.63, 3.8) is 0 Å². The van der Waals surface area contributed by atoms with Gasteiger partial charge in [0, 0.05) is 19.2 Å². The highest BCUT2D eigenvalue weighted by molar-refractivity contribution is 5.93. The average Bonchev–Trinajstić information content (AvgIpc) is 2.53. The van der Waals surface area contributed by atoms with Crippen molar-refractivity contribution >= 4 is 17.1 Å². The van der Waals surface area contributed by atoms with Crippen LogP contribution in [0.4, 0.5) is 4.39 Å². The van der Waals surface area contributed by atoms with Crippen molar-refractivity contribution < 1.29 is 18.3 Å². The Kier molecular flexibility index (Phi) is 2.26. The highest BCUT2D eigenvalue weighted by Crippen LogP contribution is 2.18. The van der Waals surface area contributed by atoms with Gasteiger partial charge in [-0.15, -0.1) is 0 Å². The topological polar surface area (TPSA) is 61.4 Å². The van der Waals surface area contributed by atoms with E-state index in [4.69, 9.17) is 4.42 Å². The number of carbonyl (C=O) groups is 1. The molecule has 84 valence electrons. The van der Waals surface area contributed by atoms with Gasteiger partial charge in [-0.05, 0) is 0 Å². The van der Waals surface area contributed by atoms with Gasteiger partial charge in [0.15, 0.2) is 5.58 Å². The smallest absolute Gasteiger partial charge is 0.419 e. The summed E-state index contributed by atoms with van der Waals surface area (Å²) in [6, 6.07) is 2.21. The van der Waals surface area contributed by atoms with Crippen LogP contribution in [-0.4, -0.2) is 17.6 Å². The van der Waals surface area contributed by atoms with Crippen molar-refractivity contribution in [1.29, 1.82) is 0 Å². The average molecular weight is 225 g/mol. The summed E-state index contributed by atoms with van der Waals surface area (Å²) in [5.41, 5.74) is 0.175. The van der Waals surface area contributed by atoms with Gasteiger partial charge in [0.05, 0.1) is 18.2 Å². The second kappa shape index (κ2) is 3.48. The normalized spacial score (nSPS) is 10.7. The molecule has 0 radical (unpaired) electrons. The van der Waals surface area contributed by atoms with Gasteiger partial charge >= 0.3 is 11.7 Å². The highest BCUT2D eigenvalue weighted by atomic mass is 19.1. The number of fused-ring (bicyclic) bond motifs is 1. The molecular weight excluding hydrogens is 217 g/mol. The molecule has 0 aliphatic rings. The molecule has 1 heterocycles. The van der Waals surface area contributed by atoms with E-state index in [0.29, 0.717) is 0 Å². The lowest BCUT2D eigenvalue weighted by Crippen LogP contribution is -2.08. The molecule has 1 aromatic heterocycles. The van der Waals surface area contributed by atoms with Crippen molar-refractivity contribution in [3.05, 3.63) is 34.1 Å². The Balaban J connectivity index is 2.77. The zero-order chi connectivity index (χ0) is 11.9. The van der Waals surface area contributed by atoms with Gasteiger partial charge in [-0.25, -0.2) is 14.0 Å². The number of hydrogen-bond acceptors (Lipinski definition) is 4. The molecule has 0 saturated heterocycles. The number of aryl methyl sites for hydroxylation is 1. The maximum absolute atomic E-state index is 13.5. The van der Waals surface area contributed by atoms with E-state index in [1.807, 2.05) is 0 Å². The van der Waals surface area contributed by atoms with E-state index in [1.54, 1.807) is 0 Å². The first-order valence-electron chi connectivity index (χ1n) is 4.42. The highest BCUT2D eigenvalue weighted by Gasteiger charge is 2.16. The maximum atomic E-state index is 13.5. The van der Waals surface area contributed by atoms with Gasteiger partial charge in [-0.2, -0.15) is 0 Å². The van der Waals surface area contributed by atoms with Gasteiger partial charge < -0.3 is 9.15 Å². The molecule has 0 saturated carbocycles. The van der Waals surface area contributed by atoms with Crippen LogP contribution < -0.4 is 5.76 Å². The van der Waals surface area contributed by atoms with Gasteiger partial charge in [0.1, 0.15) is 5.82 Å². The monoisotopic (exact) mass is 225 g/mol. The van der Waals surface area contributed by atoms with Gasteiger partial charge in [-0.1, -0.05) is 0 Å². The summed E-state index contributed by atoms with van der Waals surface area (Å²) in [5.74, 6) is -2.18. The third-order valence-corrected chi connectivity index (χ3v) is 2.29. The molecule has 0 aliphatic heterocycles. The largest absolute Gasteiger partial charge is 0.465 e. The molecule has 0 amide bonds. The number of esters is 1. The minimum atomic E-state index is -0.814. The summed E-state index contributed by atoms with van der Waals surface area (Å²) in [6.45, 7) is 0. The van der Waals surface area contributed by atoms with Crippen LogP contribution in [0.3, 0.4) is 0 Å². The second-order valence-electron chi connectivity index (χ2n) is 3.22. The Bertz CT molecular complexity index is 626. The zero-order valence-corrected chi connectivity index (χ0v) is 8.61. The lowest BCUT2D eigenvalue weighted by atomic mass is 10.2. The van der Waals surface area contributed by atoms with Crippen LogP contribution in [0.25, 0.3) is 11.1 Å². The number of carbonyl (C=O) groups excluding carboxylic acids is 1. The molecule has 0 aliphatic carbocycles. The number of hydrogen-bond donors (Lipinski definition) is 0. The van der Waals surface area contributed by atoms with Crippen LogP contribution >= 0.6 is 0 Å². The molecule has 2 aromatic rings. The third-order valence-electron chi connectivity index (χ3n) is 2.29. The number of rotatable bonds is 1. The van der Waals surface area contributed by atoms with Crippen LogP contribution in [-0.2, 0) is 11.8 Å². The van der Waals surface area contributed by atoms with E-state index in [-0.39, 0.29) is 16.7 Å². The van der Waals surface area contributed by atoms with E-state index in [1.165, 1.54) is 7.05 Å². The van der Waals surface area contributed by atoms with E-state index >= 15 is 0 Å². The van der Waals surface area contributed by atoms with Gasteiger partial charge in [-0.3, -0.25) is 4.57 Å². The molecule has 1 aromatic carbocycles. The summed E-state index contributed by atoms with van der Waals surface area (Å²) in [7, 11) is 2.60. The van der Waals surface area contributed by atoms with Crippen LogP contribution in [0.15, 0.2) is 21.3 Å². The van der Waals surface area contributed by atoms with Crippen molar-refractivity contribution in [2.75, 3.05) is 7.11 Å². The van der Waals surface area contributed by atoms with E-state index in [0.717, 1.165) is 23.8 Å². The Morgan fingerprint density at radius 3 is 2.81 bits per heavy atom. The van der Waals surface area contributed by atoms with Crippen LogP contribution in [0.1, 0.15) is 10.4 Å².